The number of ether oxygens (including phenoxy) is 1. The van der Waals surface area contributed by atoms with Crippen LogP contribution in [0.5, 0.6) is 11.5 Å². The summed E-state index contributed by atoms with van der Waals surface area (Å²) < 4.78 is 19.0. The first kappa shape index (κ1) is 22.1. The van der Waals surface area contributed by atoms with Crippen molar-refractivity contribution in [2.75, 3.05) is 12.0 Å². The number of aryl methyl sites for hydroxylation is 2. The lowest BCUT2D eigenvalue weighted by Gasteiger charge is -2.26. The van der Waals surface area contributed by atoms with E-state index in [1.807, 2.05) is 0 Å². The zero-order valence-corrected chi connectivity index (χ0v) is 18.3. The van der Waals surface area contributed by atoms with E-state index >= 15 is 0 Å². The third-order valence-electron chi connectivity index (χ3n) is 5.77. The van der Waals surface area contributed by atoms with Crippen LogP contribution in [0.3, 0.4) is 0 Å². The molecular weight excluding hydrogens is 425 g/mol. The number of Topliss-reactive ketones (excluding diaryl/α,β-unsaturated/α-hetero) is 1. The van der Waals surface area contributed by atoms with Crippen molar-refractivity contribution in [3.63, 3.8) is 0 Å². The number of hydrogen-bond donors (Lipinski definition) is 2. The summed E-state index contributed by atoms with van der Waals surface area (Å²) in [5.41, 5.74) is 2.11. The van der Waals surface area contributed by atoms with E-state index in [1.165, 1.54) is 43.5 Å². The maximum Gasteiger partial charge on any atom is 0.300 e. The Kier molecular flexibility index (Phi) is 5.64. The van der Waals surface area contributed by atoms with Crippen molar-refractivity contribution >= 4 is 23.1 Å². The zero-order valence-electron chi connectivity index (χ0n) is 18.3. The fraction of sp³-hybridized carbons (Fsp3) is 0.154. The molecule has 2 N–H and O–H groups in total. The molecule has 1 atom stereocenters. The van der Waals surface area contributed by atoms with Gasteiger partial charge in [-0.05, 0) is 66.9 Å². The summed E-state index contributed by atoms with van der Waals surface area (Å²) in [5.74, 6) is -2.24. The lowest BCUT2D eigenvalue weighted by Crippen LogP contribution is -2.29. The highest BCUT2D eigenvalue weighted by atomic mass is 19.1. The average molecular weight is 447 g/mol. The second kappa shape index (κ2) is 8.43. The Morgan fingerprint density at radius 1 is 1.00 bits per heavy atom. The lowest BCUT2D eigenvalue weighted by atomic mass is 9.93. The predicted octanol–water partition coefficient (Wildman–Crippen LogP) is 4.78. The maximum atomic E-state index is 13.6. The molecule has 4 rings (SSSR count). The number of phenolic OH excluding ortho intramolecular Hbond substituents is 1. The number of phenols is 1. The Balaban J connectivity index is 1.99. The Bertz CT molecular complexity index is 1300. The smallest absolute Gasteiger partial charge is 0.300 e. The van der Waals surface area contributed by atoms with Crippen molar-refractivity contribution in [2.45, 2.75) is 19.9 Å². The molecule has 0 bridgehead atoms. The summed E-state index contributed by atoms with van der Waals surface area (Å²) in [6.45, 7) is 3.55. The van der Waals surface area contributed by atoms with Gasteiger partial charge in [0.05, 0.1) is 24.4 Å². The van der Waals surface area contributed by atoms with Gasteiger partial charge in [-0.3, -0.25) is 14.5 Å². The molecule has 168 valence electrons. The van der Waals surface area contributed by atoms with E-state index in [1.54, 1.807) is 38.1 Å². The molecule has 0 radical (unpaired) electrons. The van der Waals surface area contributed by atoms with Gasteiger partial charge in [0, 0.05) is 5.56 Å². The van der Waals surface area contributed by atoms with Crippen molar-refractivity contribution in [3.05, 3.63) is 94.3 Å². The van der Waals surface area contributed by atoms with Crippen molar-refractivity contribution in [1.29, 1.82) is 0 Å². The first-order chi connectivity index (χ1) is 15.7. The second-order valence-corrected chi connectivity index (χ2v) is 7.85. The zero-order chi connectivity index (χ0) is 23.9. The number of anilines is 1. The van der Waals surface area contributed by atoms with Crippen LogP contribution in [0.4, 0.5) is 10.1 Å². The van der Waals surface area contributed by atoms with Crippen molar-refractivity contribution in [2.24, 2.45) is 0 Å². The van der Waals surface area contributed by atoms with Crippen molar-refractivity contribution < 1.29 is 28.9 Å². The number of halogens is 1. The van der Waals surface area contributed by atoms with Crippen LogP contribution >= 0.6 is 0 Å². The molecule has 0 saturated carbocycles. The van der Waals surface area contributed by atoms with Crippen molar-refractivity contribution in [1.82, 2.24) is 0 Å². The minimum Gasteiger partial charge on any atom is -0.507 e. The fourth-order valence-electron chi connectivity index (χ4n) is 4.12. The number of aromatic hydroxyl groups is 1. The van der Waals surface area contributed by atoms with E-state index in [2.05, 4.69) is 0 Å². The molecule has 0 aromatic heterocycles. The summed E-state index contributed by atoms with van der Waals surface area (Å²) >= 11 is 0. The standard InChI is InChI=1S/C26H22FNO5/c1-14-13-21(33-3)15(2)12-18(14)24(30)22-23(16-8-10-17(27)11-9-16)28(26(32)25(22)31)19-6-4-5-7-20(19)29/h4-13,23,29-30H,1-3H3/b24-22+. The molecule has 6 nitrogen and oxygen atoms in total. The number of carbonyl (C=O) groups excluding carboxylic acids is 2. The van der Waals surface area contributed by atoms with E-state index in [-0.39, 0.29) is 22.8 Å². The lowest BCUT2D eigenvalue weighted by molar-refractivity contribution is -0.132. The van der Waals surface area contributed by atoms with Crippen LogP contribution in [0.25, 0.3) is 5.76 Å². The molecule has 1 aliphatic heterocycles. The minimum atomic E-state index is -1.07. The number of rotatable bonds is 4. The average Bonchev–Trinajstić information content (AvgIpc) is 3.06. The largest absolute Gasteiger partial charge is 0.507 e. The maximum absolute atomic E-state index is 13.6. The molecule has 1 heterocycles. The fourth-order valence-corrected chi connectivity index (χ4v) is 4.12. The van der Waals surface area contributed by atoms with Gasteiger partial charge in [-0.25, -0.2) is 4.39 Å². The number of amides is 1. The molecule has 1 amide bonds. The first-order valence-corrected chi connectivity index (χ1v) is 10.2. The van der Waals surface area contributed by atoms with Crippen molar-refractivity contribution in [3.8, 4) is 11.5 Å². The van der Waals surface area contributed by atoms with Gasteiger partial charge < -0.3 is 14.9 Å². The van der Waals surface area contributed by atoms with Crippen LogP contribution in [0.2, 0.25) is 0 Å². The Morgan fingerprint density at radius 2 is 1.67 bits per heavy atom. The van der Waals surface area contributed by atoms with E-state index in [9.17, 15) is 24.2 Å². The molecule has 0 spiro atoms. The first-order valence-electron chi connectivity index (χ1n) is 10.2. The normalized spacial score (nSPS) is 17.5. The third-order valence-corrected chi connectivity index (χ3v) is 5.77. The molecule has 1 fully saturated rings. The SMILES string of the molecule is COc1cc(C)c(/C(O)=C2\C(=O)C(=O)N(c3ccccc3O)C2c2ccc(F)cc2)cc1C. The number of aliphatic hydroxyl groups excluding tert-OH is 1. The van der Waals surface area contributed by atoms with E-state index < -0.39 is 23.5 Å². The molecule has 1 saturated heterocycles. The van der Waals surface area contributed by atoms with E-state index in [4.69, 9.17) is 4.74 Å². The van der Waals surface area contributed by atoms with Gasteiger partial charge >= 0.3 is 0 Å². The number of carbonyl (C=O) groups is 2. The van der Waals surface area contributed by atoms with E-state index in [0.717, 1.165) is 10.5 Å². The van der Waals surface area contributed by atoms with Gasteiger partial charge in [-0.1, -0.05) is 24.3 Å². The van der Waals surface area contributed by atoms with Crippen LogP contribution in [0, 0.1) is 19.7 Å². The van der Waals surface area contributed by atoms with Gasteiger partial charge in [0.25, 0.3) is 11.7 Å². The molecule has 3 aromatic carbocycles. The number of para-hydroxylation sites is 2. The summed E-state index contributed by atoms with van der Waals surface area (Å²) in [5, 5.41) is 21.7. The van der Waals surface area contributed by atoms with Gasteiger partial charge in [0.15, 0.2) is 0 Å². The quantitative estimate of drug-likeness (QED) is 0.341. The summed E-state index contributed by atoms with van der Waals surface area (Å²) in [4.78, 5) is 27.5. The molecule has 3 aromatic rings. The molecule has 0 aliphatic carbocycles. The van der Waals surface area contributed by atoms with Crippen LogP contribution in [0.1, 0.15) is 28.3 Å². The summed E-state index contributed by atoms with van der Waals surface area (Å²) in [6.07, 6.45) is 0. The Morgan fingerprint density at radius 3 is 2.30 bits per heavy atom. The number of nitrogens with zero attached hydrogens (tertiary/aromatic N) is 1. The molecule has 1 aliphatic rings. The summed E-state index contributed by atoms with van der Waals surface area (Å²) in [6, 6.07) is 13.8. The number of ketones is 1. The minimum absolute atomic E-state index is 0.107. The van der Waals surface area contributed by atoms with Gasteiger partial charge in [-0.2, -0.15) is 0 Å². The Labute approximate surface area is 190 Å². The van der Waals surface area contributed by atoms with Gasteiger partial charge in [0.2, 0.25) is 0 Å². The van der Waals surface area contributed by atoms with Crippen LogP contribution in [-0.4, -0.2) is 29.0 Å². The van der Waals surface area contributed by atoms with Crippen LogP contribution in [0.15, 0.2) is 66.2 Å². The highest BCUT2D eigenvalue weighted by Crippen LogP contribution is 2.45. The van der Waals surface area contributed by atoms with Gasteiger partial charge in [0.1, 0.15) is 23.1 Å². The summed E-state index contributed by atoms with van der Waals surface area (Å²) in [7, 11) is 1.54. The number of benzene rings is 3. The molecule has 7 heteroatoms. The van der Waals surface area contributed by atoms with E-state index in [0.29, 0.717) is 22.4 Å². The highest BCUT2D eigenvalue weighted by molar-refractivity contribution is 6.52. The van der Waals surface area contributed by atoms with Gasteiger partial charge in [-0.15, -0.1) is 0 Å². The number of aliphatic hydroxyl groups is 1. The molecule has 33 heavy (non-hydrogen) atoms. The number of methoxy groups -OCH3 is 1. The Hall–Kier alpha value is -4.13. The second-order valence-electron chi connectivity index (χ2n) is 7.85. The van der Waals surface area contributed by atoms with Crippen LogP contribution < -0.4 is 9.64 Å². The molecular formula is C26H22FNO5. The molecule has 1 unspecified atom stereocenters. The third kappa shape index (κ3) is 3.71. The van der Waals surface area contributed by atoms with Crippen LogP contribution in [-0.2, 0) is 9.59 Å². The highest BCUT2D eigenvalue weighted by Gasteiger charge is 2.47. The number of hydrogen-bond acceptors (Lipinski definition) is 5. The topological polar surface area (TPSA) is 87.1 Å². The monoisotopic (exact) mass is 447 g/mol. The predicted molar refractivity (Wildman–Crippen MR) is 122 cm³/mol.